The minimum atomic E-state index is 1.11. The Bertz CT molecular complexity index is 2540. The standard InChI is InChI=1S/C48H33N/c1-3-13-34(14-4-1)42-30-43(35-15-5-2-6-16-35)32-44(31-42)49(47-23-11-20-37-18-9-10-22-45(37)47)48-24-12-21-38-26-28-41(33-46(38)48)40-27-25-36-17-7-8-19-39(36)29-40/h1-33H. The van der Waals surface area contributed by atoms with Crippen LogP contribution in [-0.2, 0) is 0 Å². The lowest BCUT2D eigenvalue weighted by molar-refractivity contribution is 1.31. The first kappa shape index (κ1) is 28.8. The molecule has 0 saturated heterocycles. The van der Waals surface area contributed by atoms with Crippen LogP contribution < -0.4 is 4.90 Å². The summed E-state index contributed by atoms with van der Waals surface area (Å²) in [6, 6.07) is 72.7. The molecule has 0 spiro atoms. The fourth-order valence-corrected chi connectivity index (χ4v) is 7.15. The number of hydrogen-bond acceptors (Lipinski definition) is 1. The zero-order valence-corrected chi connectivity index (χ0v) is 27.0. The van der Waals surface area contributed by atoms with Crippen LogP contribution in [0, 0.1) is 0 Å². The van der Waals surface area contributed by atoms with Crippen LogP contribution in [0.1, 0.15) is 0 Å². The quantitative estimate of drug-likeness (QED) is 0.178. The Morgan fingerprint density at radius 2 is 0.735 bits per heavy atom. The number of fused-ring (bicyclic) bond motifs is 3. The van der Waals surface area contributed by atoms with Crippen molar-refractivity contribution in [3.8, 4) is 33.4 Å². The van der Waals surface area contributed by atoms with Gasteiger partial charge in [0.2, 0.25) is 0 Å². The summed E-state index contributed by atoms with van der Waals surface area (Å²) in [5.41, 5.74) is 10.5. The maximum absolute atomic E-state index is 2.47. The molecule has 0 fully saturated rings. The zero-order valence-electron chi connectivity index (χ0n) is 27.0. The summed E-state index contributed by atoms with van der Waals surface area (Å²) in [6.45, 7) is 0. The molecule has 9 aromatic carbocycles. The van der Waals surface area contributed by atoms with Crippen molar-refractivity contribution in [1.29, 1.82) is 0 Å². The SMILES string of the molecule is c1ccc(-c2cc(-c3ccccc3)cc(N(c3cccc4ccccc34)c3cccc4ccc(-c5ccc6ccccc6c5)cc34)c2)cc1. The van der Waals surface area contributed by atoms with Crippen LogP contribution in [0.3, 0.4) is 0 Å². The van der Waals surface area contributed by atoms with Crippen molar-refractivity contribution in [3.05, 3.63) is 200 Å². The number of benzene rings is 9. The molecule has 0 radical (unpaired) electrons. The molecule has 0 aromatic heterocycles. The third-order valence-corrected chi connectivity index (χ3v) is 9.58. The first-order chi connectivity index (χ1) is 24.3. The van der Waals surface area contributed by atoms with Gasteiger partial charge in [0.05, 0.1) is 11.4 Å². The van der Waals surface area contributed by atoms with E-state index < -0.39 is 0 Å². The van der Waals surface area contributed by atoms with E-state index in [0.29, 0.717) is 0 Å². The highest BCUT2D eigenvalue weighted by Crippen LogP contribution is 2.45. The van der Waals surface area contributed by atoms with Gasteiger partial charge in [-0.25, -0.2) is 0 Å². The molecule has 0 saturated carbocycles. The van der Waals surface area contributed by atoms with Crippen molar-refractivity contribution >= 4 is 49.4 Å². The highest BCUT2D eigenvalue weighted by Gasteiger charge is 2.20. The highest BCUT2D eigenvalue weighted by molar-refractivity contribution is 6.06. The van der Waals surface area contributed by atoms with Crippen molar-refractivity contribution in [2.24, 2.45) is 0 Å². The molecule has 9 aromatic rings. The van der Waals surface area contributed by atoms with Gasteiger partial charge < -0.3 is 4.90 Å². The van der Waals surface area contributed by atoms with Crippen LogP contribution in [0.2, 0.25) is 0 Å². The fraction of sp³-hybridized carbons (Fsp3) is 0. The van der Waals surface area contributed by atoms with E-state index in [-0.39, 0.29) is 0 Å². The number of rotatable bonds is 6. The van der Waals surface area contributed by atoms with Gasteiger partial charge in [-0.15, -0.1) is 0 Å². The van der Waals surface area contributed by atoms with Gasteiger partial charge in [-0.2, -0.15) is 0 Å². The van der Waals surface area contributed by atoms with Gasteiger partial charge in [0.15, 0.2) is 0 Å². The minimum Gasteiger partial charge on any atom is -0.309 e. The lowest BCUT2D eigenvalue weighted by atomic mass is 9.95. The minimum absolute atomic E-state index is 1.11. The number of anilines is 3. The van der Waals surface area contributed by atoms with Crippen molar-refractivity contribution in [3.63, 3.8) is 0 Å². The maximum Gasteiger partial charge on any atom is 0.0540 e. The van der Waals surface area contributed by atoms with Crippen molar-refractivity contribution in [2.45, 2.75) is 0 Å². The van der Waals surface area contributed by atoms with Gasteiger partial charge in [-0.1, -0.05) is 158 Å². The summed E-state index contributed by atoms with van der Waals surface area (Å²) < 4.78 is 0. The summed E-state index contributed by atoms with van der Waals surface area (Å²) in [5, 5.41) is 7.32. The second kappa shape index (κ2) is 12.3. The fourth-order valence-electron chi connectivity index (χ4n) is 7.15. The van der Waals surface area contributed by atoms with E-state index >= 15 is 0 Å². The molecule has 1 heteroatoms. The first-order valence-electron chi connectivity index (χ1n) is 16.8. The lowest BCUT2D eigenvalue weighted by Crippen LogP contribution is -2.11. The van der Waals surface area contributed by atoms with E-state index in [1.54, 1.807) is 0 Å². The monoisotopic (exact) mass is 623 g/mol. The van der Waals surface area contributed by atoms with E-state index in [0.717, 1.165) is 17.1 Å². The predicted molar refractivity (Wildman–Crippen MR) is 210 cm³/mol. The molecule has 0 N–H and O–H groups in total. The molecule has 1 nitrogen and oxygen atoms in total. The normalized spacial score (nSPS) is 11.3. The summed E-state index contributed by atoms with van der Waals surface area (Å²) in [5.74, 6) is 0. The molecule has 230 valence electrons. The van der Waals surface area contributed by atoms with E-state index in [2.05, 4.69) is 205 Å². The predicted octanol–water partition coefficient (Wildman–Crippen LogP) is 13.6. The van der Waals surface area contributed by atoms with Crippen LogP contribution >= 0.6 is 0 Å². The smallest absolute Gasteiger partial charge is 0.0540 e. The van der Waals surface area contributed by atoms with Crippen molar-refractivity contribution in [2.75, 3.05) is 4.90 Å². The summed E-state index contributed by atoms with van der Waals surface area (Å²) >= 11 is 0. The largest absolute Gasteiger partial charge is 0.309 e. The Morgan fingerprint density at radius 1 is 0.245 bits per heavy atom. The van der Waals surface area contributed by atoms with Gasteiger partial charge in [-0.3, -0.25) is 0 Å². The van der Waals surface area contributed by atoms with E-state index in [1.165, 1.54) is 65.7 Å². The summed E-state index contributed by atoms with van der Waals surface area (Å²) in [4.78, 5) is 2.47. The first-order valence-corrected chi connectivity index (χ1v) is 16.8. The maximum atomic E-state index is 2.47. The van der Waals surface area contributed by atoms with Crippen LogP contribution in [0.15, 0.2) is 200 Å². The third kappa shape index (κ3) is 5.42. The molecule has 0 amide bonds. The van der Waals surface area contributed by atoms with Gasteiger partial charge in [0.25, 0.3) is 0 Å². The Labute approximate surface area is 287 Å². The molecule has 9 rings (SSSR count). The van der Waals surface area contributed by atoms with Crippen molar-refractivity contribution in [1.82, 2.24) is 0 Å². The molecule has 0 aliphatic rings. The molecule has 0 aliphatic heterocycles. The van der Waals surface area contributed by atoms with Crippen molar-refractivity contribution < 1.29 is 0 Å². The van der Waals surface area contributed by atoms with E-state index in [4.69, 9.17) is 0 Å². The number of hydrogen-bond donors (Lipinski definition) is 0. The Kier molecular flexibility index (Phi) is 7.22. The highest BCUT2D eigenvalue weighted by atomic mass is 15.1. The average molecular weight is 624 g/mol. The molecule has 0 aliphatic carbocycles. The zero-order chi connectivity index (χ0) is 32.6. The molecular formula is C48H33N. The van der Waals surface area contributed by atoms with Crippen LogP contribution in [0.5, 0.6) is 0 Å². The average Bonchev–Trinajstić information content (AvgIpc) is 3.18. The molecule has 0 bridgehead atoms. The lowest BCUT2D eigenvalue weighted by Gasteiger charge is -2.29. The molecule has 49 heavy (non-hydrogen) atoms. The van der Waals surface area contributed by atoms with Gasteiger partial charge in [0, 0.05) is 16.5 Å². The Morgan fingerprint density at radius 3 is 1.41 bits per heavy atom. The van der Waals surface area contributed by atoms with Crippen LogP contribution in [-0.4, -0.2) is 0 Å². The van der Waals surface area contributed by atoms with E-state index in [1.807, 2.05) is 0 Å². The third-order valence-electron chi connectivity index (χ3n) is 9.58. The molecule has 0 heterocycles. The summed E-state index contributed by atoms with van der Waals surface area (Å²) in [6.07, 6.45) is 0. The Balaban J connectivity index is 1.32. The topological polar surface area (TPSA) is 3.24 Å². The molecular weight excluding hydrogens is 591 g/mol. The second-order valence-corrected chi connectivity index (χ2v) is 12.6. The van der Waals surface area contributed by atoms with Gasteiger partial charge in [-0.05, 0) is 97.4 Å². The Hall–Kier alpha value is -6.44. The summed E-state index contributed by atoms with van der Waals surface area (Å²) in [7, 11) is 0. The van der Waals surface area contributed by atoms with E-state index in [9.17, 15) is 0 Å². The molecule has 0 unspecified atom stereocenters. The van der Waals surface area contributed by atoms with Crippen LogP contribution in [0.25, 0.3) is 65.7 Å². The number of nitrogens with zero attached hydrogens (tertiary/aromatic N) is 1. The second-order valence-electron chi connectivity index (χ2n) is 12.6. The van der Waals surface area contributed by atoms with Crippen LogP contribution in [0.4, 0.5) is 17.1 Å². The van der Waals surface area contributed by atoms with Gasteiger partial charge >= 0.3 is 0 Å². The van der Waals surface area contributed by atoms with Gasteiger partial charge in [0.1, 0.15) is 0 Å². The molecule has 0 atom stereocenters.